The summed E-state index contributed by atoms with van der Waals surface area (Å²) >= 11 is 1.45. The highest BCUT2D eigenvalue weighted by Gasteiger charge is 2.44. The fraction of sp³-hybridized carbons (Fsp3) is 0.455. The Kier molecular flexibility index (Phi) is 3.71. The Balaban J connectivity index is 2.24. The molecule has 2 heterocycles. The van der Waals surface area contributed by atoms with Gasteiger partial charge in [-0.15, -0.1) is 0 Å². The van der Waals surface area contributed by atoms with Gasteiger partial charge in [0.25, 0.3) is 5.91 Å². The molecule has 1 aromatic heterocycles. The highest BCUT2D eigenvalue weighted by Crippen LogP contribution is 2.29. The van der Waals surface area contributed by atoms with Gasteiger partial charge in [-0.25, -0.2) is 9.36 Å². The number of nitrogens with one attached hydrogen (secondary N) is 1. The Bertz CT molecular complexity index is 577. The lowest BCUT2D eigenvalue weighted by atomic mass is 9.99. The molecule has 108 valence electrons. The zero-order chi connectivity index (χ0) is 14.9. The predicted molar refractivity (Wildman–Crippen MR) is 71.8 cm³/mol. The van der Waals surface area contributed by atoms with Crippen LogP contribution >= 0.6 is 11.8 Å². The summed E-state index contributed by atoms with van der Waals surface area (Å²) in [5.74, 6) is -0.981. The summed E-state index contributed by atoms with van der Waals surface area (Å²) in [6.45, 7) is 0. The molecule has 1 aliphatic heterocycles. The molecule has 2 N–H and O–H groups in total. The first kappa shape index (κ1) is 14.4. The molecule has 0 saturated carbocycles. The molecule has 8 nitrogen and oxygen atoms in total. The third-order valence-electron chi connectivity index (χ3n) is 3.30. The molecule has 1 aromatic rings. The van der Waals surface area contributed by atoms with Crippen LogP contribution < -0.4 is 5.32 Å². The average Bonchev–Trinajstić information content (AvgIpc) is 2.96. The lowest BCUT2D eigenvalue weighted by Crippen LogP contribution is -2.55. The summed E-state index contributed by atoms with van der Waals surface area (Å²) in [6.07, 6.45) is 0.339. The number of thioether (sulfide) groups is 1. The number of carboxylic acids is 1. The number of amides is 1. The maximum atomic E-state index is 12.1. The Morgan fingerprint density at radius 1 is 1.55 bits per heavy atom. The van der Waals surface area contributed by atoms with Crippen molar-refractivity contribution in [3.8, 4) is 0 Å². The van der Waals surface area contributed by atoms with Gasteiger partial charge in [-0.1, -0.05) is 0 Å². The van der Waals surface area contributed by atoms with E-state index in [1.54, 1.807) is 0 Å². The van der Waals surface area contributed by atoms with Crippen LogP contribution in [0, 0.1) is 10.1 Å². The van der Waals surface area contributed by atoms with Gasteiger partial charge in [-0.2, -0.15) is 11.8 Å². The molecule has 2 rings (SSSR count). The van der Waals surface area contributed by atoms with E-state index in [1.807, 2.05) is 0 Å². The SMILES string of the molecule is Cn1c(C(=O)NC2(C(=O)O)CCSC2)ccc1[N+](=O)[O-]. The Morgan fingerprint density at radius 2 is 2.25 bits per heavy atom. The molecule has 0 spiro atoms. The summed E-state index contributed by atoms with van der Waals surface area (Å²) in [6, 6.07) is 2.52. The summed E-state index contributed by atoms with van der Waals surface area (Å²) in [5.41, 5.74) is -1.23. The van der Waals surface area contributed by atoms with E-state index in [0.717, 1.165) is 4.57 Å². The molecule has 0 bridgehead atoms. The zero-order valence-corrected chi connectivity index (χ0v) is 11.5. The fourth-order valence-corrected chi connectivity index (χ4v) is 3.40. The predicted octanol–water partition coefficient (Wildman–Crippen LogP) is 0.623. The average molecular weight is 299 g/mol. The second kappa shape index (κ2) is 5.16. The van der Waals surface area contributed by atoms with Crippen molar-refractivity contribution in [3.63, 3.8) is 0 Å². The van der Waals surface area contributed by atoms with Crippen molar-refractivity contribution in [2.45, 2.75) is 12.0 Å². The van der Waals surface area contributed by atoms with Gasteiger partial charge in [0.1, 0.15) is 5.54 Å². The highest BCUT2D eigenvalue weighted by molar-refractivity contribution is 7.99. The molecule has 20 heavy (non-hydrogen) atoms. The highest BCUT2D eigenvalue weighted by atomic mass is 32.2. The normalized spacial score (nSPS) is 21.6. The van der Waals surface area contributed by atoms with Gasteiger partial charge < -0.3 is 20.5 Å². The maximum Gasteiger partial charge on any atom is 0.330 e. The molecule has 1 amide bonds. The van der Waals surface area contributed by atoms with Crippen LogP contribution in [0.15, 0.2) is 12.1 Å². The zero-order valence-electron chi connectivity index (χ0n) is 10.7. The number of nitro groups is 1. The van der Waals surface area contributed by atoms with Crippen molar-refractivity contribution < 1.29 is 19.6 Å². The molecular weight excluding hydrogens is 286 g/mol. The number of hydrogen-bond donors (Lipinski definition) is 2. The molecule has 0 radical (unpaired) electrons. The number of aromatic nitrogens is 1. The topological polar surface area (TPSA) is 114 Å². The van der Waals surface area contributed by atoms with Crippen molar-refractivity contribution >= 4 is 29.5 Å². The first-order valence-corrected chi connectivity index (χ1v) is 6.96. The van der Waals surface area contributed by atoms with E-state index in [4.69, 9.17) is 0 Å². The van der Waals surface area contributed by atoms with Gasteiger partial charge in [-0.3, -0.25) is 4.79 Å². The number of carbonyl (C=O) groups is 2. The maximum absolute atomic E-state index is 12.1. The van der Waals surface area contributed by atoms with Gasteiger partial charge in [0.05, 0.1) is 7.05 Å². The van der Waals surface area contributed by atoms with Crippen LogP contribution in [-0.4, -0.2) is 43.5 Å². The van der Waals surface area contributed by atoms with E-state index in [9.17, 15) is 24.8 Å². The monoisotopic (exact) mass is 299 g/mol. The van der Waals surface area contributed by atoms with Crippen LogP contribution in [-0.2, 0) is 11.8 Å². The third-order valence-corrected chi connectivity index (χ3v) is 4.49. The number of carbonyl (C=O) groups excluding carboxylic acids is 1. The molecule has 9 heteroatoms. The van der Waals surface area contributed by atoms with Crippen LogP contribution in [0.3, 0.4) is 0 Å². The van der Waals surface area contributed by atoms with Crippen molar-refractivity contribution in [2.24, 2.45) is 7.05 Å². The second-order valence-corrected chi connectivity index (χ2v) is 5.64. The molecule has 1 saturated heterocycles. The summed E-state index contributed by atoms with van der Waals surface area (Å²) in [4.78, 5) is 33.6. The Hall–Kier alpha value is -2.03. The molecule has 1 fully saturated rings. The van der Waals surface area contributed by atoms with Crippen LogP contribution in [0.5, 0.6) is 0 Å². The molecule has 0 aliphatic carbocycles. The lowest BCUT2D eigenvalue weighted by molar-refractivity contribution is -0.391. The number of nitrogens with zero attached hydrogens (tertiary/aromatic N) is 2. The van der Waals surface area contributed by atoms with E-state index in [-0.39, 0.29) is 11.5 Å². The second-order valence-electron chi connectivity index (χ2n) is 4.54. The van der Waals surface area contributed by atoms with Crippen molar-refractivity contribution in [1.82, 2.24) is 9.88 Å². The number of rotatable bonds is 4. The van der Waals surface area contributed by atoms with Crippen molar-refractivity contribution in [3.05, 3.63) is 27.9 Å². The van der Waals surface area contributed by atoms with Gasteiger partial charge >= 0.3 is 11.8 Å². The minimum absolute atomic E-state index is 0.0641. The van der Waals surface area contributed by atoms with Crippen molar-refractivity contribution in [1.29, 1.82) is 0 Å². The Labute approximate surface area is 118 Å². The smallest absolute Gasteiger partial charge is 0.330 e. The van der Waals surface area contributed by atoms with Gasteiger partial charge in [0, 0.05) is 11.8 Å². The lowest BCUT2D eigenvalue weighted by Gasteiger charge is -2.23. The fourth-order valence-electron chi connectivity index (χ4n) is 2.08. The minimum atomic E-state index is -1.29. The van der Waals surface area contributed by atoms with E-state index < -0.39 is 22.3 Å². The van der Waals surface area contributed by atoms with E-state index in [2.05, 4.69) is 5.32 Å². The third kappa shape index (κ3) is 2.36. The Morgan fingerprint density at radius 3 is 2.70 bits per heavy atom. The van der Waals surface area contributed by atoms with Crippen LogP contribution in [0.4, 0.5) is 5.82 Å². The minimum Gasteiger partial charge on any atom is -0.479 e. The van der Waals surface area contributed by atoms with Crippen LogP contribution in [0.1, 0.15) is 16.9 Å². The first-order chi connectivity index (χ1) is 9.37. The standard InChI is InChI=1S/C11H13N3O5S/c1-13-7(2-3-8(13)14(18)19)9(15)12-11(10(16)17)4-5-20-6-11/h2-3H,4-6H2,1H3,(H,12,15)(H,16,17). The first-order valence-electron chi connectivity index (χ1n) is 5.81. The molecule has 1 aliphatic rings. The van der Waals surface area contributed by atoms with Crippen LogP contribution in [0.25, 0.3) is 0 Å². The number of aliphatic carboxylic acids is 1. The number of hydrogen-bond acceptors (Lipinski definition) is 5. The summed E-state index contributed by atoms with van der Waals surface area (Å²) in [7, 11) is 1.39. The largest absolute Gasteiger partial charge is 0.479 e. The van der Waals surface area contributed by atoms with E-state index in [1.165, 1.54) is 30.9 Å². The summed E-state index contributed by atoms with van der Waals surface area (Å²) in [5, 5.41) is 22.5. The van der Waals surface area contributed by atoms with E-state index in [0.29, 0.717) is 17.9 Å². The quantitative estimate of drug-likeness (QED) is 0.622. The van der Waals surface area contributed by atoms with Crippen LogP contribution in [0.2, 0.25) is 0 Å². The van der Waals surface area contributed by atoms with Gasteiger partial charge in [-0.05, 0) is 23.2 Å². The molecular formula is C11H13N3O5S. The molecule has 0 aromatic carbocycles. The number of carboxylic acid groups (broad SMARTS) is 1. The van der Waals surface area contributed by atoms with Gasteiger partial charge in [0.15, 0.2) is 5.69 Å². The molecule has 1 unspecified atom stereocenters. The van der Waals surface area contributed by atoms with Crippen molar-refractivity contribution in [2.75, 3.05) is 11.5 Å². The van der Waals surface area contributed by atoms with E-state index >= 15 is 0 Å². The van der Waals surface area contributed by atoms with Gasteiger partial charge in [0.2, 0.25) is 0 Å². The summed E-state index contributed by atoms with van der Waals surface area (Å²) < 4.78 is 1.13. The molecule has 1 atom stereocenters.